The Morgan fingerprint density at radius 3 is 2.45 bits per heavy atom. The number of amides is 1. The van der Waals surface area contributed by atoms with Crippen LogP contribution in [0.25, 0.3) is 0 Å². The number of nitrogens with zero attached hydrogens (tertiary/aromatic N) is 5. The Hall–Kier alpha value is -2.72. The summed E-state index contributed by atoms with van der Waals surface area (Å²) < 4.78 is 5.47. The molecule has 7 heteroatoms. The number of likely N-dealkylation sites (tertiary alicyclic amines) is 1. The van der Waals surface area contributed by atoms with E-state index in [4.69, 9.17) is 4.74 Å². The second kappa shape index (κ2) is 9.66. The van der Waals surface area contributed by atoms with Crippen molar-refractivity contribution in [2.24, 2.45) is 0 Å². The first-order valence-corrected chi connectivity index (χ1v) is 10.2. The number of benzene rings is 1. The van der Waals surface area contributed by atoms with Gasteiger partial charge in [0.15, 0.2) is 0 Å². The van der Waals surface area contributed by atoms with Crippen LogP contribution in [0.15, 0.2) is 36.0 Å². The first-order chi connectivity index (χ1) is 14.0. The second-order valence-corrected chi connectivity index (χ2v) is 7.80. The molecule has 2 heterocycles. The van der Waals surface area contributed by atoms with Crippen LogP contribution in [0.3, 0.4) is 0 Å². The Morgan fingerprint density at radius 1 is 1.17 bits per heavy atom. The number of likely N-dealkylation sites (N-methyl/N-ethyl adjacent to an activating group) is 1. The number of carbonyl (C=O) groups excluding carboxylic acids is 1. The van der Waals surface area contributed by atoms with Crippen LogP contribution in [0.5, 0.6) is 5.75 Å². The highest BCUT2D eigenvalue weighted by Crippen LogP contribution is 2.28. The Morgan fingerprint density at radius 2 is 1.83 bits per heavy atom. The van der Waals surface area contributed by atoms with E-state index in [1.165, 1.54) is 0 Å². The number of rotatable bonds is 5. The molecule has 0 saturated carbocycles. The van der Waals surface area contributed by atoms with E-state index in [1.54, 1.807) is 18.2 Å². The molecule has 2 aliphatic rings. The molecule has 0 aromatic heterocycles. The number of nitriles is 1. The van der Waals surface area contributed by atoms with Gasteiger partial charge in [-0.1, -0.05) is 12.1 Å². The van der Waals surface area contributed by atoms with Gasteiger partial charge in [0.2, 0.25) is 0 Å². The molecule has 2 saturated heterocycles. The van der Waals surface area contributed by atoms with E-state index in [0.29, 0.717) is 0 Å². The molecule has 2 aliphatic heterocycles. The van der Waals surface area contributed by atoms with Crippen LogP contribution >= 0.6 is 0 Å². The molecule has 0 spiro atoms. The molecule has 0 unspecified atom stereocenters. The summed E-state index contributed by atoms with van der Waals surface area (Å²) in [7, 11) is 5.61. The van der Waals surface area contributed by atoms with Crippen molar-refractivity contribution in [1.29, 1.82) is 5.26 Å². The SMILES string of the molecule is COc1ccccc1N1CCN(/C=C(/C#N)C(=O)N(C)C2CCN(C)CC2)CC1. The quantitative estimate of drug-likeness (QED) is 0.558. The van der Waals surface area contributed by atoms with Gasteiger partial charge in [-0.3, -0.25) is 4.79 Å². The van der Waals surface area contributed by atoms with E-state index in [9.17, 15) is 10.1 Å². The third kappa shape index (κ3) is 5.01. The van der Waals surface area contributed by atoms with E-state index in [0.717, 1.165) is 63.5 Å². The van der Waals surface area contributed by atoms with E-state index in [-0.39, 0.29) is 17.5 Å². The van der Waals surface area contributed by atoms with Crippen LogP contribution in [0.1, 0.15) is 12.8 Å². The highest BCUT2D eigenvalue weighted by molar-refractivity contribution is 5.97. The van der Waals surface area contributed by atoms with Crippen molar-refractivity contribution in [3.8, 4) is 11.8 Å². The lowest BCUT2D eigenvalue weighted by Crippen LogP contribution is -2.46. The van der Waals surface area contributed by atoms with Gasteiger partial charge < -0.3 is 24.3 Å². The second-order valence-electron chi connectivity index (χ2n) is 7.80. The molecule has 1 amide bonds. The molecule has 1 aromatic carbocycles. The molecule has 0 N–H and O–H groups in total. The Balaban J connectivity index is 1.60. The summed E-state index contributed by atoms with van der Waals surface area (Å²) in [6, 6.07) is 10.3. The number of piperazine rings is 1. The van der Waals surface area contributed by atoms with E-state index in [2.05, 4.69) is 33.9 Å². The van der Waals surface area contributed by atoms with Gasteiger partial charge in [-0.05, 0) is 45.1 Å². The van der Waals surface area contributed by atoms with Gasteiger partial charge in [0.05, 0.1) is 12.8 Å². The van der Waals surface area contributed by atoms with Gasteiger partial charge in [-0.15, -0.1) is 0 Å². The number of ether oxygens (including phenoxy) is 1. The van der Waals surface area contributed by atoms with Gasteiger partial charge in [0, 0.05) is 45.5 Å². The molecular weight excluding hydrogens is 366 g/mol. The lowest BCUT2D eigenvalue weighted by molar-refractivity contribution is -0.128. The summed E-state index contributed by atoms with van der Waals surface area (Å²) in [6.07, 6.45) is 3.65. The number of carbonyl (C=O) groups is 1. The third-order valence-electron chi connectivity index (χ3n) is 5.96. The van der Waals surface area contributed by atoms with Crippen molar-refractivity contribution in [2.75, 3.05) is 65.4 Å². The molecule has 7 nitrogen and oxygen atoms in total. The zero-order valence-corrected chi connectivity index (χ0v) is 17.7. The van der Waals surface area contributed by atoms with Crippen molar-refractivity contribution in [1.82, 2.24) is 14.7 Å². The monoisotopic (exact) mass is 397 g/mol. The normalized spacial score (nSPS) is 19.0. The highest BCUT2D eigenvalue weighted by atomic mass is 16.5. The molecule has 0 aliphatic carbocycles. The zero-order valence-electron chi connectivity index (χ0n) is 17.7. The minimum atomic E-state index is -0.172. The molecule has 156 valence electrons. The van der Waals surface area contributed by atoms with Crippen LogP contribution in [0.4, 0.5) is 5.69 Å². The maximum absolute atomic E-state index is 12.9. The number of anilines is 1. The lowest BCUT2D eigenvalue weighted by Gasteiger charge is -2.37. The van der Waals surface area contributed by atoms with Crippen molar-refractivity contribution in [3.63, 3.8) is 0 Å². The number of methoxy groups -OCH3 is 1. The molecule has 29 heavy (non-hydrogen) atoms. The number of piperidine rings is 1. The first-order valence-electron chi connectivity index (χ1n) is 10.2. The highest BCUT2D eigenvalue weighted by Gasteiger charge is 2.27. The van der Waals surface area contributed by atoms with E-state index in [1.807, 2.05) is 25.2 Å². The van der Waals surface area contributed by atoms with E-state index < -0.39 is 0 Å². The fourth-order valence-electron chi connectivity index (χ4n) is 4.04. The fraction of sp³-hybridized carbons (Fsp3) is 0.545. The summed E-state index contributed by atoms with van der Waals surface area (Å²) >= 11 is 0. The Labute approximate surface area is 173 Å². The van der Waals surface area contributed by atoms with Crippen molar-refractivity contribution in [2.45, 2.75) is 18.9 Å². The van der Waals surface area contributed by atoms with Gasteiger partial charge in [0.1, 0.15) is 17.4 Å². The maximum Gasteiger partial charge on any atom is 0.265 e. The minimum Gasteiger partial charge on any atom is -0.495 e. The Bertz CT molecular complexity index is 772. The third-order valence-corrected chi connectivity index (χ3v) is 5.96. The molecule has 0 bridgehead atoms. The fourth-order valence-corrected chi connectivity index (χ4v) is 4.04. The largest absolute Gasteiger partial charge is 0.495 e. The number of hydrogen-bond donors (Lipinski definition) is 0. The van der Waals surface area contributed by atoms with Crippen molar-refractivity contribution >= 4 is 11.6 Å². The average Bonchev–Trinajstić information content (AvgIpc) is 2.77. The standard InChI is InChI=1S/C22H31N5O2/c1-24-10-8-19(9-11-24)25(2)22(28)18(16-23)17-26-12-14-27(15-13-26)20-6-4-5-7-21(20)29-3/h4-7,17,19H,8-15H2,1-3H3/b18-17-. The maximum atomic E-state index is 12.9. The predicted molar refractivity (Wildman–Crippen MR) is 114 cm³/mol. The molecule has 0 radical (unpaired) electrons. The molecule has 2 fully saturated rings. The van der Waals surface area contributed by atoms with Crippen LogP contribution in [-0.2, 0) is 4.79 Å². The lowest BCUT2D eigenvalue weighted by atomic mass is 10.0. The van der Waals surface area contributed by atoms with Gasteiger partial charge >= 0.3 is 0 Å². The number of hydrogen-bond acceptors (Lipinski definition) is 6. The van der Waals surface area contributed by atoms with Crippen LogP contribution in [0, 0.1) is 11.3 Å². The summed E-state index contributed by atoms with van der Waals surface area (Å²) in [5, 5.41) is 9.59. The summed E-state index contributed by atoms with van der Waals surface area (Å²) in [5.74, 6) is 0.693. The first kappa shape index (κ1) is 21.0. The van der Waals surface area contributed by atoms with E-state index >= 15 is 0 Å². The summed E-state index contributed by atoms with van der Waals surface area (Å²) in [4.78, 5) is 21.3. The minimum absolute atomic E-state index is 0.172. The summed E-state index contributed by atoms with van der Waals surface area (Å²) in [6.45, 7) is 5.11. The van der Waals surface area contributed by atoms with Crippen LogP contribution in [0.2, 0.25) is 0 Å². The van der Waals surface area contributed by atoms with Gasteiger partial charge in [-0.25, -0.2) is 0 Å². The van der Waals surface area contributed by atoms with Gasteiger partial charge in [-0.2, -0.15) is 5.26 Å². The Kier molecular flexibility index (Phi) is 6.99. The average molecular weight is 398 g/mol. The molecular formula is C22H31N5O2. The van der Waals surface area contributed by atoms with Crippen LogP contribution in [-0.4, -0.2) is 87.1 Å². The molecule has 1 aromatic rings. The predicted octanol–water partition coefficient (Wildman–Crippen LogP) is 1.78. The van der Waals surface area contributed by atoms with Gasteiger partial charge in [0.25, 0.3) is 5.91 Å². The topological polar surface area (TPSA) is 63.1 Å². The zero-order chi connectivity index (χ0) is 20.8. The molecule has 0 atom stereocenters. The van der Waals surface area contributed by atoms with Crippen LogP contribution < -0.4 is 9.64 Å². The number of para-hydroxylation sites is 2. The molecule has 3 rings (SSSR count). The summed E-state index contributed by atoms with van der Waals surface area (Å²) in [5.41, 5.74) is 1.30. The smallest absolute Gasteiger partial charge is 0.265 e. The van der Waals surface area contributed by atoms with Crippen molar-refractivity contribution < 1.29 is 9.53 Å². The van der Waals surface area contributed by atoms with Crippen molar-refractivity contribution in [3.05, 3.63) is 36.0 Å².